The lowest BCUT2D eigenvalue weighted by Gasteiger charge is -2.06. The van der Waals surface area contributed by atoms with Gasteiger partial charge in [-0.05, 0) is 35.4 Å². The van der Waals surface area contributed by atoms with Gasteiger partial charge in [-0.25, -0.2) is 4.39 Å². The second-order valence-corrected chi connectivity index (χ2v) is 6.93. The van der Waals surface area contributed by atoms with Crippen molar-refractivity contribution in [1.82, 2.24) is 9.78 Å². The number of aromatic nitrogens is 2. The molecular weight excluding hydrogens is 389 g/mol. The lowest BCUT2D eigenvalue weighted by atomic mass is 10.0. The quantitative estimate of drug-likeness (QED) is 0.466. The van der Waals surface area contributed by atoms with Crippen molar-refractivity contribution in [3.8, 4) is 11.1 Å². The van der Waals surface area contributed by atoms with Crippen LogP contribution >= 0.6 is 11.6 Å². The number of carbonyl (C=O) groups is 1. The number of nitrogens with one attached hydrogen (secondary N) is 1. The van der Waals surface area contributed by atoms with Crippen LogP contribution in [0, 0.1) is 5.82 Å². The largest absolute Gasteiger partial charge is 0.319 e. The number of hydrogen-bond donors (Lipinski definition) is 1. The van der Waals surface area contributed by atoms with Gasteiger partial charge in [-0.3, -0.25) is 9.48 Å². The van der Waals surface area contributed by atoms with E-state index in [1.807, 2.05) is 42.5 Å². The summed E-state index contributed by atoms with van der Waals surface area (Å²) in [7, 11) is 0. The lowest BCUT2D eigenvalue weighted by Crippen LogP contribution is -2.11. The number of nitrogens with zero attached hydrogens (tertiary/aromatic N) is 2. The molecule has 0 aliphatic rings. The molecule has 0 atom stereocenters. The molecule has 3 aromatic carbocycles. The summed E-state index contributed by atoms with van der Waals surface area (Å²) in [5.74, 6) is -0.634. The van der Waals surface area contributed by atoms with Crippen LogP contribution in [0.3, 0.4) is 0 Å². The molecule has 4 nitrogen and oxygen atoms in total. The van der Waals surface area contributed by atoms with E-state index in [9.17, 15) is 9.18 Å². The lowest BCUT2D eigenvalue weighted by molar-refractivity contribution is 0.102. The molecule has 0 bridgehead atoms. The smallest absolute Gasteiger partial charge is 0.255 e. The summed E-state index contributed by atoms with van der Waals surface area (Å²) < 4.78 is 15.5. The summed E-state index contributed by atoms with van der Waals surface area (Å²) >= 11 is 6.06. The van der Waals surface area contributed by atoms with Gasteiger partial charge in [0.2, 0.25) is 0 Å². The molecule has 1 amide bonds. The van der Waals surface area contributed by atoms with E-state index in [4.69, 9.17) is 11.6 Å². The van der Waals surface area contributed by atoms with Crippen molar-refractivity contribution in [3.05, 3.63) is 107 Å². The number of halogens is 2. The molecule has 0 aliphatic carbocycles. The zero-order valence-electron chi connectivity index (χ0n) is 15.3. The minimum absolute atomic E-state index is 0.174. The zero-order valence-corrected chi connectivity index (χ0v) is 16.1. The number of benzene rings is 3. The first kappa shape index (κ1) is 18.9. The maximum Gasteiger partial charge on any atom is 0.255 e. The molecule has 144 valence electrons. The molecular formula is C23H17ClFN3O. The van der Waals surface area contributed by atoms with Crippen molar-refractivity contribution in [2.75, 3.05) is 5.32 Å². The van der Waals surface area contributed by atoms with Crippen LogP contribution < -0.4 is 5.32 Å². The van der Waals surface area contributed by atoms with E-state index in [1.165, 1.54) is 16.9 Å². The Kier molecular flexibility index (Phi) is 5.40. The van der Waals surface area contributed by atoms with Gasteiger partial charge in [0.1, 0.15) is 5.82 Å². The molecule has 0 radical (unpaired) electrons. The van der Waals surface area contributed by atoms with Gasteiger partial charge in [-0.1, -0.05) is 60.1 Å². The number of anilines is 1. The SMILES string of the molecule is O=C(Nc1cnn(Cc2c(F)cccc2Cl)c1)c1ccc(-c2ccccc2)cc1. The fourth-order valence-corrected chi connectivity index (χ4v) is 3.23. The minimum Gasteiger partial charge on any atom is -0.319 e. The summed E-state index contributed by atoms with van der Waals surface area (Å²) in [4.78, 5) is 12.5. The number of rotatable bonds is 5. The van der Waals surface area contributed by atoms with Crippen molar-refractivity contribution < 1.29 is 9.18 Å². The fraction of sp³-hybridized carbons (Fsp3) is 0.0435. The van der Waals surface area contributed by atoms with Crippen LogP contribution in [0.15, 0.2) is 85.2 Å². The van der Waals surface area contributed by atoms with Crippen molar-refractivity contribution in [2.45, 2.75) is 6.54 Å². The first-order valence-corrected chi connectivity index (χ1v) is 9.40. The molecule has 0 spiro atoms. The number of hydrogen-bond acceptors (Lipinski definition) is 2. The minimum atomic E-state index is -0.392. The van der Waals surface area contributed by atoms with Crippen LogP contribution in [0.25, 0.3) is 11.1 Å². The van der Waals surface area contributed by atoms with Crippen LogP contribution in [-0.4, -0.2) is 15.7 Å². The zero-order chi connectivity index (χ0) is 20.2. The standard InChI is InChI=1S/C23H17ClFN3O/c24-21-7-4-8-22(25)20(21)15-28-14-19(13-26-28)27-23(29)18-11-9-17(10-12-18)16-5-2-1-3-6-16/h1-14H,15H2,(H,27,29). The normalized spacial score (nSPS) is 10.7. The van der Waals surface area contributed by atoms with E-state index in [2.05, 4.69) is 10.4 Å². The molecule has 0 saturated carbocycles. The molecule has 0 unspecified atom stereocenters. The van der Waals surface area contributed by atoms with Crippen molar-refractivity contribution in [3.63, 3.8) is 0 Å². The Balaban J connectivity index is 1.44. The Morgan fingerprint density at radius 1 is 0.966 bits per heavy atom. The van der Waals surface area contributed by atoms with E-state index in [0.29, 0.717) is 21.8 Å². The number of carbonyl (C=O) groups excluding carboxylic acids is 1. The molecule has 1 heterocycles. The van der Waals surface area contributed by atoms with Gasteiger partial charge in [-0.2, -0.15) is 5.10 Å². The van der Waals surface area contributed by atoms with Crippen molar-refractivity contribution in [2.24, 2.45) is 0 Å². The van der Waals surface area contributed by atoms with Crippen LogP contribution in [0.4, 0.5) is 10.1 Å². The summed E-state index contributed by atoms with van der Waals surface area (Å²) in [6, 6.07) is 21.9. The van der Waals surface area contributed by atoms with Gasteiger partial charge in [0.25, 0.3) is 5.91 Å². The molecule has 1 N–H and O–H groups in total. The predicted molar refractivity (Wildman–Crippen MR) is 113 cm³/mol. The average molecular weight is 406 g/mol. The highest BCUT2D eigenvalue weighted by Crippen LogP contribution is 2.21. The highest BCUT2D eigenvalue weighted by molar-refractivity contribution is 6.31. The van der Waals surface area contributed by atoms with Gasteiger partial charge >= 0.3 is 0 Å². The molecule has 6 heteroatoms. The Morgan fingerprint density at radius 3 is 2.41 bits per heavy atom. The molecule has 29 heavy (non-hydrogen) atoms. The van der Waals surface area contributed by atoms with E-state index in [0.717, 1.165) is 11.1 Å². The van der Waals surface area contributed by atoms with E-state index in [-0.39, 0.29) is 12.5 Å². The Labute approximate surface area is 172 Å². The van der Waals surface area contributed by atoms with Crippen LogP contribution in [-0.2, 0) is 6.54 Å². The summed E-state index contributed by atoms with van der Waals surface area (Å²) in [6.45, 7) is 0.174. The molecule has 1 aromatic heterocycles. The molecule has 4 aromatic rings. The fourth-order valence-electron chi connectivity index (χ4n) is 3.01. The second-order valence-electron chi connectivity index (χ2n) is 6.52. The van der Waals surface area contributed by atoms with Gasteiger partial charge in [-0.15, -0.1) is 0 Å². The third kappa shape index (κ3) is 4.36. The average Bonchev–Trinajstić information content (AvgIpc) is 3.18. The topological polar surface area (TPSA) is 46.9 Å². The highest BCUT2D eigenvalue weighted by Gasteiger charge is 2.11. The third-order valence-corrected chi connectivity index (χ3v) is 4.88. The van der Waals surface area contributed by atoms with Gasteiger partial charge < -0.3 is 5.32 Å². The number of amides is 1. The first-order valence-electron chi connectivity index (χ1n) is 9.02. The summed E-state index contributed by atoms with van der Waals surface area (Å²) in [5, 5.41) is 7.31. The Morgan fingerprint density at radius 2 is 1.69 bits per heavy atom. The van der Waals surface area contributed by atoms with Crippen LogP contribution in [0.2, 0.25) is 5.02 Å². The van der Waals surface area contributed by atoms with Crippen molar-refractivity contribution in [1.29, 1.82) is 0 Å². The molecule has 0 saturated heterocycles. The third-order valence-electron chi connectivity index (χ3n) is 4.53. The van der Waals surface area contributed by atoms with Crippen LogP contribution in [0.1, 0.15) is 15.9 Å². The van der Waals surface area contributed by atoms with Gasteiger partial charge in [0.05, 0.1) is 18.4 Å². The Hall–Kier alpha value is -3.44. The van der Waals surface area contributed by atoms with E-state index in [1.54, 1.807) is 30.5 Å². The monoisotopic (exact) mass is 405 g/mol. The highest BCUT2D eigenvalue weighted by atomic mass is 35.5. The van der Waals surface area contributed by atoms with Gasteiger partial charge in [0, 0.05) is 22.3 Å². The van der Waals surface area contributed by atoms with Crippen LogP contribution in [0.5, 0.6) is 0 Å². The summed E-state index contributed by atoms with van der Waals surface area (Å²) in [6.07, 6.45) is 3.16. The predicted octanol–water partition coefficient (Wildman–Crippen LogP) is 5.64. The maximum atomic E-state index is 13.9. The van der Waals surface area contributed by atoms with E-state index >= 15 is 0 Å². The molecule has 4 rings (SSSR count). The molecule has 0 aliphatic heterocycles. The van der Waals surface area contributed by atoms with Gasteiger partial charge in [0.15, 0.2) is 0 Å². The first-order chi connectivity index (χ1) is 14.1. The Bertz CT molecular complexity index is 1120. The summed E-state index contributed by atoms with van der Waals surface area (Å²) in [5.41, 5.74) is 3.54. The van der Waals surface area contributed by atoms with E-state index < -0.39 is 5.82 Å². The molecule has 0 fully saturated rings. The second kappa shape index (κ2) is 8.29. The van der Waals surface area contributed by atoms with Crippen molar-refractivity contribution >= 4 is 23.2 Å². The maximum absolute atomic E-state index is 13.9.